The molecular formula is C24H21ClN2O3. The zero-order valence-corrected chi connectivity index (χ0v) is 17.7. The van der Waals surface area contributed by atoms with Crippen LogP contribution in [0.2, 0.25) is 5.02 Å². The molecule has 6 heteroatoms. The van der Waals surface area contributed by atoms with E-state index in [4.69, 9.17) is 20.8 Å². The molecule has 1 heterocycles. The minimum atomic E-state index is -0.271. The molecule has 5 nitrogen and oxygen atoms in total. The van der Waals surface area contributed by atoms with Gasteiger partial charge in [-0.15, -0.1) is 0 Å². The molecule has 4 rings (SSSR count). The summed E-state index contributed by atoms with van der Waals surface area (Å²) in [6.45, 7) is 4.31. The van der Waals surface area contributed by atoms with Crippen molar-refractivity contribution in [2.75, 3.05) is 12.4 Å². The van der Waals surface area contributed by atoms with E-state index in [0.717, 1.165) is 5.56 Å². The molecule has 0 aliphatic rings. The smallest absolute Gasteiger partial charge is 0.255 e. The zero-order valence-electron chi connectivity index (χ0n) is 16.9. The molecule has 0 saturated heterocycles. The van der Waals surface area contributed by atoms with Crippen LogP contribution < -0.4 is 10.1 Å². The molecule has 1 amide bonds. The molecule has 0 spiro atoms. The summed E-state index contributed by atoms with van der Waals surface area (Å²) in [5, 5.41) is 3.24. The van der Waals surface area contributed by atoms with Crippen molar-refractivity contribution < 1.29 is 13.9 Å². The molecule has 30 heavy (non-hydrogen) atoms. The number of hydrogen-bond donors (Lipinski definition) is 1. The number of oxazole rings is 1. The molecule has 0 fully saturated rings. The summed E-state index contributed by atoms with van der Waals surface area (Å²) in [6, 6.07) is 18.4. The predicted molar refractivity (Wildman–Crippen MR) is 119 cm³/mol. The topological polar surface area (TPSA) is 64.4 Å². The van der Waals surface area contributed by atoms with Crippen molar-refractivity contribution in [1.29, 1.82) is 0 Å². The second-order valence-electron chi connectivity index (χ2n) is 7.28. The number of nitrogens with zero attached hydrogens (tertiary/aromatic N) is 1. The van der Waals surface area contributed by atoms with Crippen molar-refractivity contribution in [2.24, 2.45) is 0 Å². The highest BCUT2D eigenvalue weighted by atomic mass is 35.5. The van der Waals surface area contributed by atoms with E-state index >= 15 is 0 Å². The van der Waals surface area contributed by atoms with E-state index in [1.54, 1.807) is 36.4 Å². The SMILES string of the molecule is COc1ccc(C(=O)Nc2ccc3oc(-c4ccc(C(C)C)cc4)nc3c2)cc1Cl. The highest BCUT2D eigenvalue weighted by Gasteiger charge is 2.13. The van der Waals surface area contributed by atoms with E-state index < -0.39 is 0 Å². The number of amides is 1. The van der Waals surface area contributed by atoms with Crippen LogP contribution in [0.25, 0.3) is 22.6 Å². The Balaban J connectivity index is 1.56. The van der Waals surface area contributed by atoms with Gasteiger partial charge in [-0.25, -0.2) is 4.98 Å². The van der Waals surface area contributed by atoms with Crippen LogP contribution in [0.5, 0.6) is 5.75 Å². The average molecular weight is 421 g/mol. The fraction of sp³-hybridized carbons (Fsp3) is 0.167. The average Bonchev–Trinajstić information content (AvgIpc) is 3.17. The van der Waals surface area contributed by atoms with Crippen molar-refractivity contribution in [3.63, 3.8) is 0 Å². The minimum Gasteiger partial charge on any atom is -0.495 e. The summed E-state index contributed by atoms with van der Waals surface area (Å²) >= 11 is 6.12. The number of carbonyl (C=O) groups is 1. The highest BCUT2D eigenvalue weighted by molar-refractivity contribution is 6.32. The maximum Gasteiger partial charge on any atom is 0.255 e. The Bertz CT molecular complexity index is 1210. The fourth-order valence-corrected chi connectivity index (χ4v) is 3.41. The largest absolute Gasteiger partial charge is 0.495 e. The van der Waals surface area contributed by atoms with Gasteiger partial charge in [-0.2, -0.15) is 0 Å². The molecule has 4 aromatic rings. The van der Waals surface area contributed by atoms with Gasteiger partial charge >= 0.3 is 0 Å². The number of benzene rings is 3. The number of aromatic nitrogens is 1. The standard InChI is InChI=1S/C24H21ClN2O3/c1-14(2)15-4-6-16(7-5-15)24-27-20-13-18(9-11-22(20)30-24)26-23(28)17-8-10-21(29-3)19(25)12-17/h4-14H,1-3H3,(H,26,28). The second kappa shape index (κ2) is 8.20. The molecule has 1 aromatic heterocycles. The number of fused-ring (bicyclic) bond motifs is 1. The Morgan fingerprint density at radius 3 is 2.50 bits per heavy atom. The lowest BCUT2D eigenvalue weighted by atomic mass is 10.0. The molecule has 0 radical (unpaired) electrons. The Hall–Kier alpha value is -3.31. The maximum atomic E-state index is 12.6. The molecule has 0 bridgehead atoms. The number of rotatable bonds is 5. The van der Waals surface area contributed by atoms with E-state index in [9.17, 15) is 4.79 Å². The third kappa shape index (κ3) is 4.02. The molecular weight excluding hydrogens is 400 g/mol. The molecule has 0 aliphatic heterocycles. The summed E-state index contributed by atoms with van der Waals surface area (Å²) < 4.78 is 11.0. The Morgan fingerprint density at radius 1 is 1.07 bits per heavy atom. The van der Waals surface area contributed by atoms with E-state index in [1.807, 2.05) is 12.1 Å². The number of halogens is 1. The van der Waals surface area contributed by atoms with Gasteiger partial charge in [0, 0.05) is 16.8 Å². The lowest BCUT2D eigenvalue weighted by Crippen LogP contribution is -2.11. The van der Waals surface area contributed by atoms with Crippen molar-refractivity contribution in [1.82, 2.24) is 4.98 Å². The van der Waals surface area contributed by atoms with Crippen LogP contribution in [0.15, 0.2) is 65.1 Å². The predicted octanol–water partition coefficient (Wildman–Crippen LogP) is 6.53. The normalized spacial score (nSPS) is 11.1. The van der Waals surface area contributed by atoms with Crippen LogP contribution >= 0.6 is 11.6 Å². The van der Waals surface area contributed by atoms with Gasteiger partial charge in [0.2, 0.25) is 5.89 Å². The fourth-order valence-electron chi connectivity index (χ4n) is 3.15. The number of methoxy groups -OCH3 is 1. The van der Waals surface area contributed by atoms with Gasteiger partial charge in [-0.1, -0.05) is 37.6 Å². The van der Waals surface area contributed by atoms with Crippen LogP contribution in [-0.2, 0) is 0 Å². The lowest BCUT2D eigenvalue weighted by molar-refractivity contribution is 0.102. The van der Waals surface area contributed by atoms with E-state index in [-0.39, 0.29) is 5.91 Å². The maximum absolute atomic E-state index is 12.6. The second-order valence-corrected chi connectivity index (χ2v) is 7.69. The summed E-state index contributed by atoms with van der Waals surface area (Å²) in [6.07, 6.45) is 0. The Morgan fingerprint density at radius 2 is 1.83 bits per heavy atom. The monoisotopic (exact) mass is 420 g/mol. The summed E-state index contributed by atoms with van der Waals surface area (Å²) in [5.74, 6) is 1.26. The first-order valence-electron chi connectivity index (χ1n) is 9.60. The molecule has 3 aromatic carbocycles. The third-order valence-corrected chi connectivity index (χ3v) is 5.18. The number of carbonyl (C=O) groups excluding carboxylic acids is 1. The van der Waals surface area contributed by atoms with Gasteiger partial charge in [0.25, 0.3) is 5.91 Å². The van der Waals surface area contributed by atoms with Crippen LogP contribution in [0, 0.1) is 0 Å². The van der Waals surface area contributed by atoms with E-state index in [0.29, 0.717) is 44.9 Å². The van der Waals surface area contributed by atoms with Crippen LogP contribution in [0.1, 0.15) is 35.7 Å². The van der Waals surface area contributed by atoms with Crippen molar-refractivity contribution in [3.8, 4) is 17.2 Å². The number of anilines is 1. The van der Waals surface area contributed by atoms with Crippen LogP contribution in [0.3, 0.4) is 0 Å². The molecule has 0 aliphatic carbocycles. The van der Waals surface area contributed by atoms with Crippen molar-refractivity contribution in [3.05, 3.63) is 76.8 Å². The minimum absolute atomic E-state index is 0.271. The number of ether oxygens (including phenoxy) is 1. The third-order valence-electron chi connectivity index (χ3n) is 4.88. The summed E-state index contributed by atoms with van der Waals surface area (Å²) in [4.78, 5) is 17.1. The molecule has 0 saturated carbocycles. The van der Waals surface area contributed by atoms with Gasteiger partial charge < -0.3 is 14.5 Å². The Labute approximate surface area is 179 Å². The Kier molecular flexibility index (Phi) is 5.46. The number of hydrogen-bond acceptors (Lipinski definition) is 4. The molecule has 0 unspecified atom stereocenters. The van der Waals surface area contributed by atoms with Crippen LogP contribution in [0.4, 0.5) is 5.69 Å². The molecule has 152 valence electrons. The van der Waals surface area contributed by atoms with E-state index in [2.05, 4.69) is 36.3 Å². The number of nitrogens with one attached hydrogen (secondary N) is 1. The molecule has 0 atom stereocenters. The lowest BCUT2D eigenvalue weighted by Gasteiger charge is -2.07. The van der Waals surface area contributed by atoms with Crippen molar-refractivity contribution in [2.45, 2.75) is 19.8 Å². The van der Waals surface area contributed by atoms with Gasteiger partial charge in [0.05, 0.1) is 12.1 Å². The summed E-state index contributed by atoms with van der Waals surface area (Å²) in [7, 11) is 1.53. The van der Waals surface area contributed by atoms with Crippen molar-refractivity contribution >= 4 is 34.3 Å². The first-order valence-corrected chi connectivity index (χ1v) is 9.98. The van der Waals surface area contributed by atoms with Gasteiger partial charge in [-0.3, -0.25) is 4.79 Å². The summed E-state index contributed by atoms with van der Waals surface area (Å²) in [5.41, 5.74) is 4.56. The van der Waals surface area contributed by atoms with Gasteiger partial charge in [0.1, 0.15) is 11.3 Å². The van der Waals surface area contributed by atoms with Gasteiger partial charge in [-0.05, 0) is 60.0 Å². The zero-order chi connectivity index (χ0) is 21.3. The van der Waals surface area contributed by atoms with Gasteiger partial charge in [0.15, 0.2) is 5.58 Å². The highest BCUT2D eigenvalue weighted by Crippen LogP contribution is 2.28. The van der Waals surface area contributed by atoms with Crippen LogP contribution in [-0.4, -0.2) is 18.0 Å². The first-order chi connectivity index (χ1) is 14.4. The van der Waals surface area contributed by atoms with E-state index in [1.165, 1.54) is 12.7 Å². The quantitative estimate of drug-likeness (QED) is 0.398. The molecule has 1 N–H and O–H groups in total. The first kappa shape index (κ1) is 20.0.